The molecule has 0 spiro atoms. The van der Waals surface area contributed by atoms with E-state index in [1.54, 1.807) is 11.3 Å². The first-order chi connectivity index (χ1) is 7.20. The number of aryl methyl sites for hydroxylation is 2. The smallest absolute Gasteiger partial charge is 0.308 e. The normalized spacial score (nSPS) is 16.1. The predicted molar refractivity (Wildman–Crippen MR) is 57.9 cm³/mol. The first-order valence-corrected chi connectivity index (χ1v) is 5.88. The Labute approximate surface area is 92.7 Å². The Morgan fingerprint density at radius 2 is 2.47 bits per heavy atom. The average Bonchev–Trinajstić information content (AvgIpc) is 2.76. The van der Waals surface area contributed by atoms with Crippen molar-refractivity contribution in [3.63, 3.8) is 0 Å². The van der Waals surface area contributed by atoms with Crippen LogP contribution in [0.25, 0.3) is 0 Å². The fourth-order valence-corrected chi connectivity index (χ4v) is 3.10. The van der Waals surface area contributed by atoms with E-state index >= 15 is 0 Å². The first kappa shape index (κ1) is 10.6. The van der Waals surface area contributed by atoms with Crippen molar-refractivity contribution in [3.05, 3.63) is 21.4 Å². The van der Waals surface area contributed by atoms with Gasteiger partial charge >= 0.3 is 5.97 Å². The van der Waals surface area contributed by atoms with Crippen molar-refractivity contribution in [2.24, 2.45) is 0 Å². The maximum atomic E-state index is 11.0. The van der Waals surface area contributed by atoms with Crippen LogP contribution >= 0.6 is 11.3 Å². The molecule has 0 amide bonds. The maximum Gasteiger partial charge on any atom is 0.308 e. The summed E-state index contributed by atoms with van der Waals surface area (Å²) in [5, 5.41) is 9.79. The van der Waals surface area contributed by atoms with Crippen molar-refractivity contribution in [1.82, 2.24) is 0 Å². The van der Waals surface area contributed by atoms with Crippen molar-refractivity contribution in [2.45, 2.75) is 31.8 Å². The third kappa shape index (κ3) is 2.21. The van der Waals surface area contributed by atoms with Gasteiger partial charge in [-0.15, -0.1) is 11.3 Å². The highest BCUT2D eigenvalue weighted by Crippen LogP contribution is 2.34. The van der Waals surface area contributed by atoms with E-state index < -0.39 is 6.10 Å². The van der Waals surface area contributed by atoms with Crippen LogP contribution in [0.3, 0.4) is 0 Å². The van der Waals surface area contributed by atoms with Crippen LogP contribution < -0.4 is 0 Å². The van der Waals surface area contributed by atoms with Crippen LogP contribution in [-0.2, 0) is 22.4 Å². The number of fused-ring (bicyclic) bond motifs is 1. The summed E-state index contributed by atoms with van der Waals surface area (Å²) < 4.78 is 4.53. The number of aliphatic hydroxyl groups excluding tert-OH is 1. The molecule has 1 N–H and O–H groups in total. The van der Waals surface area contributed by atoms with Crippen LogP contribution in [-0.4, -0.2) is 18.2 Å². The Hall–Kier alpha value is -0.870. The highest BCUT2D eigenvalue weighted by Gasteiger charge is 2.20. The van der Waals surface area contributed by atoms with Gasteiger partial charge in [-0.3, -0.25) is 4.79 Å². The van der Waals surface area contributed by atoms with E-state index in [0.29, 0.717) is 0 Å². The molecule has 0 bridgehead atoms. The van der Waals surface area contributed by atoms with Crippen LogP contribution in [0.4, 0.5) is 0 Å². The highest BCUT2D eigenvalue weighted by atomic mass is 32.1. The number of hydrogen-bond acceptors (Lipinski definition) is 4. The zero-order valence-electron chi connectivity index (χ0n) is 8.66. The van der Waals surface area contributed by atoms with Gasteiger partial charge in [0.2, 0.25) is 0 Å². The molecule has 0 saturated carbocycles. The lowest BCUT2D eigenvalue weighted by Gasteiger charge is -2.06. The van der Waals surface area contributed by atoms with Crippen molar-refractivity contribution < 1.29 is 14.6 Å². The number of thiophene rings is 1. The zero-order valence-corrected chi connectivity index (χ0v) is 9.47. The molecule has 0 saturated heterocycles. The molecule has 1 aromatic rings. The molecule has 3 nitrogen and oxygen atoms in total. The van der Waals surface area contributed by atoms with Gasteiger partial charge in [0.1, 0.15) is 0 Å². The largest absolute Gasteiger partial charge is 0.469 e. The van der Waals surface area contributed by atoms with Crippen LogP contribution in [0.15, 0.2) is 6.07 Å². The SMILES string of the molecule is COC(=O)CC(O)c1cc2c(s1)CCC2. The van der Waals surface area contributed by atoms with Gasteiger partial charge in [-0.05, 0) is 30.9 Å². The monoisotopic (exact) mass is 226 g/mol. The predicted octanol–water partition coefficient (Wildman–Crippen LogP) is 1.83. The molecule has 0 radical (unpaired) electrons. The Bertz CT molecular complexity index is 348. The van der Waals surface area contributed by atoms with Crippen LogP contribution in [0.1, 0.15) is 34.3 Å². The number of hydrogen-bond donors (Lipinski definition) is 1. The molecule has 15 heavy (non-hydrogen) atoms. The lowest BCUT2D eigenvalue weighted by atomic mass is 10.2. The first-order valence-electron chi connectivity index (χ1n) is 5.07. The van der Waals surface area contributed by atoms with E-state index in [1.165, 1.54) is 24.0 Å². The van der Waals surface area contributed by atoms with Gasteiger partial charge in [-0.25, -0.2) is 0 Å². The van der Waals surface area contributed by atoms with Crippen LogP contribution in [0.2, 0.25) is 0 Å². The van der Waals surface area contributed by atoms with Gasteiger partial charge in [-0.1, -0.05) is 0 Å². The number of carbonyl (C=O) groups is 1. The van der Waals surface area contributed by atoms with Crippen molar-refractivity contribution in [2.75, 3.05) is 7.11 Å². The minimum atomic E-state index is -0.701. The molecule has 0 aliphatic heterocycles. The standard InChI is InChI=1S/C11H14O3S/c1-14-11(13)6-8(12)10-5-7-3-2-4-9(7)15-10/h5,8,12H,2-4,6H2,1H3. The summed E-state index contributed by atoms with van der Waals surface area (Å²) in [4.78, 5) is 13.3. The van der Waals surface area contributed by atoms with Gasteiger partial charge in [0, 0.05) is 9.75 Å². The number of esters is 1. The molecule has 82 valence electrons. The third-order valence-electron chi connectivity index (χ3n) is 2.68. The summed E-state index contributed by atoms with van der Waals surface area (Å²) in [6, 6.07) is 2.03. The number of ether oxygens (including phenoxy) is 1. The second kappa shape index (κ2) is 4.33. The molecule has 1 aliphatic carbocycles. The molecular formula is C11H14O3S. The number of aliphatic hydroxyl groups is 1. The Morgan fingerprint density at radius 3 is 3.13 bits per heavy atom. The summed E-state index contributed by atoms with van der Waals surface area (Å²) >= 11 is 1.62. The van der Waals surface area contributed by atoms with Crippen LogP contribution in [0, 0.1) is 0 Å². The van der Waals surface area contributed by atoms with E-state index in [4.69, 9.17) is 0 Å². The summed E-state index contributed by atoms with van der Waals surface area (Å²) in [6.07, 6.45) is 2.79. The van der Waals surface area contributed by atoms with E-state index in [0.717, 1.165) is 17.7 Å². The summed E-state index contributed by atoms with van der Waals surface area (Å²) in [6.45, 7) is 0. The second-order valence-corrected chi connectivity index (χ2v) is 4.92. The van der Waals surface area contributed by atoms with Crippen molar-refractivity contribution >= 4 is 17.3 Å². The van der Waals surface area contributed by atoms with Crippen molar-refractivity contribution in [1.29, 1.82) is 0 Å². The molecule has 1 atom stereocenters. The lowest BCUT2D eigenvalue weighted by molar-refractivity contribution is -0.142. The Balaban J connectivity index is 2.06. The van der Waals surface area contributed by atoms with Gasteiger partial charge < -0.3 is 9.84 Å². The number of rotatable bonds is 3. The summed E-state index contributed by atoms with van der Waals surface area (Å²) in [7, 11) is 1.34. The van der Waals surface area contributed by atoms with Gasteiger partial charge in [0.25, 0.3) is 0 Å². The average molecular weight is 226 g/mol. The quantitative estimate of drug-likeness (QED) is 0.800. The molecule has 1 unspecified atom stereocenters. The van der Waals surface area contributed by atoms with E-state index in [1.807, 2.05) is 6.07 Å². The molecule has 4 heteroatoms. The second-order valence-electron chi connectivity index (χ2n) is 3.75. The third-order valence-corrected chi connectivity index (χ3v) is 4.02. The van der Waals surface area contributed by atoms with E-state index in [9.17, 15) is 9.90 Å². The molecular weight excluding hydrogens is 212 g/mol. The maximum absolute atomic E-state index is 11.0. The van der Waals surface area contributed by atoms with Crippen molar-refractivity contribution in [3.8, 4) is 0 Å². The lowest BCUT2D eigenvalue weighted by Crippen LogP contribution is -2.06. The molecule has 2 rings (SSSR count). The molecule has 1 aromatic heterocycles. The molecule has 1 aliphatic rings. The molecule has 0 fully saturated rings. The molecule has 1 heterocycles. The Morgan fingerprint density at radius 1 is 1.67 bits per heavy atom. The Kier molecular flexibility index (Phi) is 3.07. The minimum absolute atomic E-state index is 0.0515. The van der Waals surface area contributed by atoms with E-state index in [-0.39, 0.29) is 12.4 Å². The number of methoxy groups -OCH3 is 1. The summed E-state index contributed by atoms with van der Waals surface area (Å²) in [5.41, 5.74) is 1.35. The van der Waals surface area contributed by atoms with Gasteiger partial charge in [0.15, 0.2) is 0 Å². The molecule has 0 aromatic carbocycles. The zero-order chi connectivity index (χ0) is 10.8. The van der Waals surface area contributed by atoms with Gasteiger partial charge in [-0.2, -0.15) is 0 Å². The minimum Gasteiger partial charge on any atom is -0.469 e. The fourth-order valence-electron chi connectivity index (χ4n) is 1.86. The highest BCUT2D eigenvalue weighted by molar-refractivity contribution is 7.12. The fraction of sp³-hybridized carbons (Fsp3) is 0.545. The summed E-state index contributed by atoms with van der Waals surface area (Å²) in [5.74, 6) is -0.365. The topological polar surface area (TPSA) is 46.5 Å². The number of carbonyl (C=O) groups excluding carboxylic acids is 1. The van der Waals surface area contributed by atoms with Crippen LogP contribution in [0.5, 0.6) is 0 Å². The van der Waals surface area contributed by atoms with Gasteiger partial charge in [0.05, 0.1) is 19.6 Å². The van der Waals surface area contributed by atoms with E-state index in [2.05, 4.69) is 4.74 Å².